The van der Waals surface area contributed by atoms with Gasteiger partial charge >= 0.3 is 5.97 Å². The van der Waals surface area contributed by atoms with Crippen LogP contribution < -0.4 is 5.32 Å². The van der Waals surface area contributed by atoms with Gasteiger partial charge in [-0.25, -0.2) is 9.78 Å². The molecule has 2 aromatic heterocycles. The van der Waals surface area contributed by atoms with Crippen molar-refractivity contribution in [2.24, 2.45) is 0 Å². The molecule has 0 aliphatic heterocycles. The number of benzene rings is 1. The normalized spacial score (nSPS) is 11.8. The molecule has 0 saturated heterocycles. The SMILES string of the molecule is Cc1nc(-c2cccc(C(=O)OC(C)C(=O)NCc3cccs3)c2)n[nH]1. The van der Waals surface area contributed by atoms with Crippen molar-refractivity contribution >= 4 is 23.2 Å². The second kappa shape index (κ2) is 7.92. The van der Waals surface area contributed by atoms with Crippen LogP contribution in [-0.2, 0) is 16.1 Å². The molecule has 0 saturated carbocycles. The molecule has 3 aromatic rings. The van der Waals surface area contributed by atoms with E-state index in [0.717, 1.165) is 4.88 Å². The second-order valence-electron chi connectivity index (χ2n) is 5.67. The summed E-state index contributed by atoms with van der Waals surface area (Å²) in [6, 6.07) is 10.6. The van der Waals surface area contributed by atoms with Crippen LogP contribution in [0.4, 0.5) is 0 Å². The molecule has 1 unspecified atom stereocenters. The lowest BCUT2D eigenvalue weighted by Crippen LogP contribution is -2.35. The summed E-state index contributed by atoms with van der Waals surface area (Å²) in [6.07, 6.45) is -0.892. The number of hydrogen-bond acceptors (Lipinski definition) is 6. The number of ether oxygens (including phenoxy) is 1. The topological polar surface area (TPSA) is 97.0 Å². The molecular weight excluding hydrogens is 352 g/mol. The first kappa shape index (κ1) is 17.8. The highest BCUT2D eigenvalue weighted by molar-refractivity contribution is 7.09. The van der Waals surface area contributed by atoms with Gasteiger partial charge in [-0.1, -0.05) is 18.2 Å². The molecule has 7 nitrogen and oxygen atoms in total. The Morgan fingerprint density at radius 3 is 2.85 bits per heavy atom. The second-order valence-corrected chi connectivity index (χ2v) is 6.70. The van der Waals surface area contributed by atoms with Gasteiger partial charge < -0.3 is 10.1 Å². The lowest BCUT2D eigenvalue weighted by molar-refractivity contribution is -0.129. The van der Waals surface area contributed by atoms with E-state index in [2.05, 4.69) is 20.5 Å². The minimum absolute atomic E-state index is 0.336. The van der Waals surface area contributed by atoms with Gasteiger partial charge in [0.25, 0.3) is 5.91 Å². The molecule has 1 amide bonds. The van der Waals surface area contributed by atoms with Gasteiger partial charge in [0.1, 0.15) is 5.82 Å². The summed E-state index contributed by atoms with van der Waals surface area (Å²) in [4.78, 5) is 29.7. The average Bonchev–Trinajstić information content (AvgIpc) is 3.31. The quantitative estimate of drug-likeness (QED) is 0.650. The fourth-order valence-corrected chi connectivity index (χ4v) is 2.91. The molecule has 2 heterocycles. The number of aromatic amines is 1. The van der Waals surface area contributed by atoms with Gasteiger partial charge in [0.05, 0.1) is 12.1 Å². The van der Waals surface area contributed by atoms with Gasteiger partial charge in [0.2, 0.25) is 0 Å². The third-order valence-electron chi connectivity index (χ3n) is 3.62. The van der Waals surface area contributed by atoms with E-state index in [-0.39, 0.29) is 5.91 Å². The molecule has 26 heavy (non-hydrogen) atoms. The largest absolute Gasteiger partial charge is 0.449 e. The Balaban J connectivity index is 1.61. The zero-order valence-electron chi connectivity index (χ0n) is 14.4. The molecule has 0 fully saturated rings. The van der Waals surface area contributed by atoms with Crippen molar-refractivity contribution in [3.63, 3.8) is 0 Å². The summed E-state index contributed by atoms with van der Waals surface area (Å²) < 4.78 is 5.27. The van der Waals surface area contributed by atoms with Crippen LogP contribution in [-0.4, -0.2) is 33.2 Å². The lowest BCUT2D eigenvalue weighted by atomic mass is 10.1. The zero-order chi connectivity index (χ0) is 18.5. The number of aromatic nitrogens is 3. The van der Waals surface area contributed by atoms with Gasteiger partial charge in [-0.3, -0.25) is 9.89 Å². The van der Waals surface area contributed by atoms with Crippen molar-refractivity contribution in [1.29, 1.82) is 0 Å². The minimum atomic E-state index is -0.892. The average molecular weight is 370 g/mol. The summed E-state index contributed by atoms with van der Waals surface area (Å²) in [5.74, 6) is 0.272. The summed E-state index contributed by atoms with van der Waals surface area (Å²) >= 11 is 1.55. The standard InChI is InChI=1S/C18H18N4O3S/c1-11(17(23)19-10-15-7-4-8-26-15)25-18(24)14-6-3-5-13(9-14)16-20-12(2)21-22-16/h3-9,11H,10H2,1-2H3,(H,19,23)(H,20,21,22). The van der Waals surface area contributed by atoms with Crippen LogP contribution >= 0.6 is 11.3 Å². The molecule has 134 valence electrons. The predicted molar refractivity (Wildman–Crippen MR) is 97.6 cm³/mol. The third-order valence-corrected chi connectivity index (χ3v) is 4.50. The maximum absolute atomic E-state index is 12.3. The van der Waals surface area contributed by atoms with E-state index in [4.69, 9.17) is 4.74 Å². The van der Waals surface area contributed by atoms with Crippen LogP contribution in [0.2, 0.25) is 0 Å². The highest BCUT2D eigenvalue weighted by Crippen LogP contribution is 2.17. The molecule has 0 aliphatic carbocycles. The van der Waals surface area contributed by atoms with Gasteiger partial charge in [-0.05, 0) is 37.4 Å². The van der Waals surface area contributed by atoms with Crippen molar-refractivity contribution in [3.05, 3.63) is 58.0 Å². The highest BCUT2D eigenvalue weighted by Gasteiger charge is 2.19. The number of aryl methyl sites for hydroxylation is 1. The first-order valence-corrected chi connectivity index (χ1v) is 8.91. The van der Waals surface area contributed by atoms with Crippen molar-refractivity contribution < 1.29 is 14.3 Å². The van der Waals surface area contributed by atoms with E-state index in [1.807, 2.05) is 17.5 Å². The zero-order valence-corrected chi connectivity index (χ0v) is 15.2. The van der Waals surface area contributed by atoms with E-state index in [0.29, 0.717) is 29.3 Å². The van der Waals surface area contributed by atoms with Crippen LogP contribution in [0.15, 0.2) is 41.8 Å². The van der Waals surface area contributed by atoms with Crippen molar-refractivity contribution in [2.45, 2.75) is 26.5 Å². The van der Waals surface area contributed by atoms with Gasteiger partial charge in [-0.15, -0.1) is 11.3 Å². The number of carbonyl (C=O) groups excluding carboxylic acids is 2. The Kier molecular flexibility index (Phi) is 5.43. The number of carbonyl (C=O) groups is 2. The number of thiophene rings is 1. The summed E-state index contributed by atoms with van der Waals surface area (Å²) in [6.45, 7) is 3.76. The van der Waals surface area contributed by atoms with Crippen molar-refractivity contribution in [1.82, 2.24) is 20.5 Å². The monoisotopic (exact) mass is 370 g/mol. The maximum Gasteiger partial charge on any atom is 0.338 e. The molecule has 1 aromatic carbocycles. The van der Waals surface area contributed by atoms with Gasteiger partial charge in [0, 0.05) is 10.4 Å². The van der Waals surface area contributed by atoms with E-state index < -0.39 is 12.1 Å². The van der Waals surface area contributed by atoms with Crippen LogP contribution in [0.3, 0.4) is 0 Å². The van der Waals surface area contributed by atoms with Crippen molar-refractivity contribution in [2.75, 3.05) is 0 Å². The van der Waals surface area contributed by atoms with Gasteiger partial charge in [-0.2, -0.15) is 5.10 Å². The van der Waals surface area contributed by atoms with Crippen molar-refractivity contribution in [3.8, 4) is 11.4 Å². The van der Waals surface area contributed by atoms with E-state index in [9.17, 15) is 9.59 Å². The number of rotatable bonds is 6. The van der Waals surface area contributed by atoms with E-state index in [1.54, 1.807) is 49.4 Å². The Morgan fingerprint density at radius 2 is 2.15 bits per heavy atom. The number of nitrogens with one attached hydrogen (secondary N) is 2. The summed E-state index contributed by atoms with van der Waals surface area (Å²) in [5.41, 5.74) is 1.03. The Hall–Kier alpha value is -3.00. The molecule has 0 spiro atoms. The molecule has 8 heteroatoms. The van der Waals surface area contributed by atoms with Crippen LogP contribution in [0.25, 0.3) is 11.4 Å². The fraction of sp³-hybridized carbons (Fsp3) is 0.222. The first-order chi connectivity index (χ1) is 12.5. The highest BCUT2D eigenvalue weighted by atomic mass is 32.1. The van der Waals surface area contributed by atoms with E-state index >= 15 is 0 Å². The summed E-state index contributed by atoms with van der Waals surface area (Å²) in [7, 11) is 0. The number of esters is 1. The van der Waals surface area contributed by atoms with Crippen LogP contribution in [0, 0.1) is 6.92 Å². The van der Waals surface area contributed by atoms with Gasteiger partial charge in [0.15, 0.2) is 11.9 Å². The number of nitrogens with zero attached hydrogens (tertiary/aromatic N) is 2. The molecule has 0 bridgehead atoms. The van der Waals surface area contributed by atoms with E-state index in [1.165, 1.54) is 0 Å². The molecular formula is C18H18N4O3S. The Bertz CT molecular complexity index is 905. The Labute approximate surface area is 154 Å². The molecule has 1 atom stereocenters. The summed E-state index contributed by atoms with van der Waals surface area (Å²) in [5, 5.41) is 11.5. The third kappa shape index (κ3) is 4.34. The number of amides is 1. The smallest absolute Gasteiger partial charge is 0.338 e. The molecule has 0 aliphatic rings. The fourth-order valence-electron chi connectivity index (χ4n) is 2.27. The van der Waals surface area contributed by atoms with Crippen LogP contribution in [0.1, 0.15) is 28.0 Å². The number of hydrogen-bond donors (Lipinski definition) is 2. The first-order valence-electron chi connectivity index (χ1n) is 8.03. The minimum Gasteiger partial charge on any atom is -0.449 e. The predicted octanol–water partition coefficient (Wildman–Crippen LogP) is 2.70. The molecule has 0 radical (unpaired) electrons. The maximum atomic E-state index is 12.3. The Morgan fingerprint density at radius 1 is 1.31 bits per heavy atom. The molecule has 3 rings (SSSR count). The number of H-pyrrole nitrogens is 1. The molecule has 2 N–H and O–H groups in total. The lowest BCUT2D eigenvalue weighted by Gasteiger charge is -2.13. The van der Waals surface area contributed by atoms with Crippen LogP contribution in [0.5, 0.6) is 0 Å².